The topological polar surface area (TPSA) is 86.8 Å². The molecule has 202 valence electrons. The van der Waals surface area contributed by atoms with Gasteiger partial charge in [0.25, 0.3) is 0 Å². The van der Waals surface area contributed by atoms with Gasteiger partial charge in [0, 0.05) is 25.6 Å². The van der Waals surface area contributed by atoms with E-state index in [-0.39, 0.29) is 30.8 Å². The van der Waals surface area contributed by atoms with Crippen molar-refractivity contribution in [1.29, 1.82) is 0 Å². The monoisotopic (exact) mass is 527 g/mol. The maximum Gasteiger partial charge on any atom is 0.243 e. The summed E-state index contributed by atoms with van der Waals surface area (Å²) in [4.78, 5) is 28.6. The summed E-state index contributed by atoms with van der Waals surface area (Å²) in [5.41, 5.74) is 2.43. The molecule has 1 aliphatic carbocycles. The normalized spacial score (nSPS) is 15.1. The molecule has 2 aromatic carbocycles. The lowest BCUT2D eigenvalue weighted by molar-refractivity contribution is -0.141. The Morgan fingerprint density at radius 2 is 1.65 bits per heavy atom. The lowest BCUT2D eigenvalue weighted by Crippen LogP contribution is -2.51. The first-order valence-corrected chi connectivity index (χ1v) is 15.2. The zero-order chi connectivity index (χ0) is 26.8. The Labute approximate surface area is 222 Å². The van der Waals surface area contributed by atoms with Crippen LogP contribution in [0.3, 0.4) is 0 Å². The van der Waals surface area contributed by atoms with Crippen LogP contribution in [0.25, 0.3) is 0 Å². The molecule has 0 bridgehead atoms. The van der Waals surface area contributed by atoms with E-state index in [0.29, 0.717) is 25.1 Å². The molecule has 2 aromatic rings. The molecule has 8 heteroatoms. The van der Waals surface area contributed by atoms with Crippen LogP contribution in [0.15, 0.2) is 54.6 Å². The first kappa shape index (κ1) is 28.7. The van der Waals surface area contributed by atoms with E-state index >= 15 is 0 Å². The quantitative estimate of drug-likeness (QED) is 0.430. The molecule has 37 heavy (non-hydrogen) atoms. The number of benzene rings is 2. The van der Waals surface area contributed by atoms with Gasteiger partial charge in [0.1, 0.15) is 6.04 Å². The van der Waals surface area contributed by atoms with Crippen LogP contribution in [-0.2, 0) is 26.2 Å². The Kier molecular flexibility index (Phi) is 10.6. The summed E-state index contributed by atoms with van der Waals surface area (Å²) < 4.78 is 26.5. The molecule has 7 nitrogen and oxygen atoms in total. The number of nitrogens with one attached hydrogen (secondary N) is 1. The fourth-order valence-corrected chi connectivity index (χ4v) is 6.09. The number of carbonyl (C=O) groups is 2. The van der Waals surface area contributed by atoms with Gasteiger partial charge < -0.3 is 10.2 Å². The molecular formula is C29H41N3O4S. The van der Waals surface area contributed by atoms with Crippen molar-refractivity contribution in [2.24, 2.45) is 0 Å². The lowest BCUT2D eigenvalue weighted by atomic mass is 9.95. The zero-order valence-electron chi connectivity index (χ0n) is 22.4. The van der Waals surface area contributed by atoms with Crippen LogP contribution in [0.2, 0.25) is 0 Å². The minimum Gasteiger partial charge on any atom is -0.352 e. The minimum atomic E-state index is -3.51. The third kappa shape index (κ3) is 8.32. The second kappa shape index (κ2) is 13.6. The Morgan fingerprint density at radius 3 is 2.27 bits per heavy atom. The molecule has 1 saturated carbocycles. The number of amides is 2. The van der Waals surface area contributed by atoms with Crippen LogP contribution >= 0.6 is 0 Å². The number of nitrogens with zero attached hydrogens (tertiary/aromatic N) is 2. The second-order valence-electron chi connectivity index (χ2n) is 10.00. The van der Waals surface area contributed by atoms with Crippen LogP contribution in [-0.4, -0.2) is 50.0 Å². The highest BCUT2D eigenvalue weighted by atomic mass is 32.2. The molecule has 1 unspecified atom stereocenters. The summed E-state index contributed by atoms with van der Waals surface area (Å²) >= 11 is 0. The molecule has 0 aliphatic heterocycles. The van der Waals surface area contributed by atoms with Crippen LogP contribution < -0.4 is 9.62 Å². The highest BCUT2D eigenvalue weighted by Crippen LogP contribution is 2.23. The smallest absolute Gasteiger partial charge is 0.243 e. The van der Waals surface area contributed by atoms with E-state index in [2.05, 4.69) is 5.32 Å². The molecule has 0 spiro atoms. The molecular weight excluding hydrogens is 486 g/mol. The van der Waals surface area contributed by atoms with Crippen molar-refractivity contribution in [3.05, 3.63) is 65.7 Å². The lowest BCUT2D eigenvalue weighted by Gasteiger charge is -2.33. The van der Waals surface area contributed by atoms with E-state index in [1.165, 1.54) is 17.0 Å². The maximum atomic E-state index is 13.6. The van der Waals surface area contributed by atoms with Crippen LogP contribution in [0.5, 0.6) is 0 Å². The highest BCUT2D eigenvalue weighted by molar-refractivity contribution is 7.92. The predicted octanol–water partition coefficient (Wildman–Crippen LogP) is 4.80. The molecule has 1 atom stereocenters. The number of rotatable bonds is 12. The van der Waals surface area contributed by atoms with Gasteiger partial charge in [0.05, 0.1) is 11.9 Å². The predicted molar refractivity (Wildman–Crippen MR) is 149 cm³/mol. The molecule has 1 fully saturated rings. The average molecular weight is 528 g/mol. The zero-order valence-corrected chi connectivity index (χ0v) is 23.2. The van der Waals surface area contributed by atoms with E-state index in [1.54, 1.807) is 11.0 Å². The molecule has 0 saturated heterocycles. The average Bonchev–Trinajstić information content (AvgIpc) is 2.87. The van der Waals surface area contributed by atoms with Gasteiger partial charge in [-0.3, -0.25) is 13.9 Å². The van der Waals surface area contributed by atoms with Gasteiger partial charge in [-0.2, -0.15) is 0 Å². The van der Waals surface area contributed by atoms with Gasteiger partial charge >= 0.3 is 0 Å². The van der Waals surface area contributed by atoms with E-state index in [9.17, 15) is 18.0 Å². The molecule has 1 aliphatic rings. The van der Waals surface area contributed by atoms with Crippen molar-refractivity contribution in [1.82, 2.24) is 10.2 Å². The molecule has 0 aromatic heterocycles. The summed E-state index contributed by atoms with van der Waals surface area (Å²) in [7, 11) is -3.51. The van der Waals surface area contributed by atoms with Crippen LogP contribution in [0.4, 0.5) is 5.69 Å². The molecule has 3 rings (SSSR count). The molecule has 2 amide bonds. The van der Waals surface area contributed by atoms with Gasteiger partial charge in [-0.1, -0.05) is 74.7 Å². The molecule has 0 heterocycles. The summed E-state index contributed by atoms with van der Waals surface area (Å²) in [5, 5.41) is 3.19. The van der Waals surface area contributed by atoms with Crippen molar-refractivity contribution < 1.29 is 18.0 Å². The Balaban J connectivity index is 1.74. The van der Waals surface area contributed by atoms with Gasteiger partial charge in [-0.05, 0) is 49.8 Å². The van der Waals surface area contributed by atoms with Crippen molar-refractivity contribution in [2.45, 2.75) is 83.8 Å². The fraction of sp³-hybridized carbons (Fsp3) is 0.517. The highest BCUT2D eigenvalue weighted by Gasteiger charge is 2.30. The van der Waals surface area contributed by atoms with Gasteiger partial charge in [-0.25, -0.2) is 8.42 Å². The maximum absolute atomic E-state index is 13.6. The largest absolute Gasteiger partial charge is 0.352 e. The first-order valence-electron chi connectivity index (χ1n) is 13.4. The molecule has 0 radical (unpaired) electrons. The second-order valence-corrected chi connectivity index (χ2v) is 11.9. The number of para-hydroxylation sites is 1. The number of sulfonamides is 1. The number of carbonyl (C=O) groups excluding carboxylic acids is 2. The van der Waals surface area contributed by atoms with Crippen molar-refractivity contribution >= 4 is 27.5 Å². The van der Waals surface area contributed by atoms with E-state index in [0.717, 1.165) is 36.8 Å². The standard InChI is InChI=1S/C29H41N3O4S/c1-4-26(29(34)30-25-17-9-6-10-18-25)31(22-24-15-7-5-8-16-24)28(33)20-13-21-32(37(3,35)36)27-19-12-11-14-23(27)2/h5,7-8,11-12,14-16,19,25-26H,4,6,9-10,13,17-18,20-22H2,1-3H3,(H,30,34). The van der Waals surface area contributed by atoms with Crippen LogP contribution in [0.1, 0.15) is 69.4 Å². The number of hydrogen-bond donors (Lipinski definition) is 1. The number of aryl methyl sites for hydroxylation is 1. The van der Waals surface area contributed by atoms with Gasteiger partial charge in [0.15, 0.2) is 0 Å². The Hall–Kier alpha value is -2.87. The number of anilines is 1. The van der Waals surface area contributed by atoms with Crippen molar-refractivity contribution in [2.75, 3.05) is 17.1 Å². The minimum absolute atomic E-state index is 0.101. The van der Waals surface area contributed by atoms with Crippen LogP contribution in [0, 0.1) is 6.92 Å². The Morgan fingerprint density at radius 1 is 1.00 bits per heavy atom. The summed E-state index contributed by atoms with van der Waals surface area (Å²) in [5.74, 6) is -0.246. The third-order valence-corrected chi connectivity index (χ3v) is 8.25. The van der Waals surface area contributed by atoms with E-state index < -0.39 is 16.1 Å². The summed E-state index contributed by atoms with van der Waals surface area (Å²) in [6.07, 6.45) is 7.60. The van der Waals surface area contributed by atoms with Gasteiger partial charge in [-0.15, -0.1) is 0 Å². The van der Waals surface area contributed by atoms with Crippen molar-refractivity contribution in [3.63, 3.8) is 0 Å². The third-order valence-electron chi connectivity index (χ3n) is 7.07. The fourth-order valence-electron chi connectivity index (χ4n) is 5.07. The number of hydrogen-bond acceptors (Lipinski definition) is 4. The van der Waals surface area contributed by atoms with Gasteiger partial charge in [0.2, 0.25) is 21.8 Å². The molecule has 1 N–H and O–H groups in total. The SMILES string of the molecule is CCC(C(=O)NC1CCCCC1)N(Cc1ccccc1)C(=O)CCCN(c1ccccc1C)S(C)(=O)=O. The van der Waals surface area contributed by atoms with E-state index in [4.69, 9.17) is 0 Å². The summed E-state index contributed by atoms with van der Waals surface area (Å²) in [6.45, 7) is 4.33. The van der Waals surface area contributed by atoms with Crippen molar-refractivity contribution in [3.8, 4) is 0 Å². The summed E-state index contributed by atoms with van der Waals surface area (Å²) in [6, 6.07) is 16.6. The first-order chi connectivity index (χ1) is 17.7. The Bertz CT molecular complexity index is 1130. The van der Waals surface area contributed by atoms with E-state index in [1.807, 2.05) is 62.4 Å².